The average Bonchev–Trinajstić information content (AvgIpc) is 3.13. The number of pyridine rings is 1. The number of benzene rings is 1. The van der Waals surface area contributed by atoms with Crippen LogP contribution in [-0.2, 0) is 19.4 Å². The molecule has 0 amide bonds. The SMILES string of the molecule is Cl.O=[N+]([O-])c1nccn1CCCNc1c2c(nc3ccccc13)CCCC2. The third-order valence-electron chi connectivity index (χ3n) is 4.90. The molecule has 7 nitrogen and oxygen atoms in total. The van der Waals surface area contributed by atoms with Crippen LogP contribution in [0.2, 0.25) is 0 Å². The number of aromatic nitrogens is 3. The number of hydrogen-bond donors (Lipinski definition) is 1. The van der Waals surface area contributed by atoms with E-state index < -0.39 is 4.92 Å². The highest BCUT2D eigenvalue weighted by Gasteiger charge is 2.18. The normalized spacial score (nSPS) is 13.0. The van der Waals surface area contributed by atoms with Gasteiger partial charge in [-0.05, 0) is 48.7 Å². The van der Waals surface area contributed by atoms with Crippen molar-refractivity contribution in [2.75, 3.05) is 11.9 Å². The number of hydrogen-bond acceptors (Lipinski definition) is 5. The second-order valence-corrected chi connectivity index (χ2v) is 6.59. The third kappa shape index (κ3) is 3.88. The summed E-state index contributed by atoms with van der Waals surface area (Å²) in [7, 11) is 0. The van der Waals surface area contributed by atoms with Gasteiger partial charge in [0.2, 0.25) is 0 Å². The Balaban J connectivity index is 0.00000210. The molecule has 0 unspecified atom stereocenters. The molecule has 0 aliphatic heterocycles. The smallest absolute Gasteiger partial charge is 0.390 e. The van der Waals surface area contributed by atoms with Crippen molar-refractivity contribution >= 4 is 34.9 Å². The molecular formula is C19H22ClN5O2. The first kappa shape index (κ1) is 19.1. The first-order valence-electron chi connectivity index (χ1n) is 9.04. The number of nitro groups is 1. The fraction of sp³-hybridized carbons (Fsp3) is 0.368. The molecule has 0 fully saturated rings. The van der Waals surface area contributed by atoms with E-state index in [1.54, 1.807) is 10.8 Å². The maximum atomic E-state index is 10.9. The molecule has 27 heavy (non-hydrogen) atoms. The van der Waals surface area contributed by atoms with E-state index in [0.717, 1.165) is 36.7 Å². The lowest BCUT2D eigenvalue weighted by Crippen LogP contribution is -2.13. The summed E-state index contributed by atoms with van der Waals surface area (Å²) in [4.78, 5) is 19.1. The molecule has 3 aromatic rings. The van der Waals surface area contributed by atoms with Crippen LogP contribution in [0.5, 0.6) is 0 Å². The van der Waals surface area contributed by atoms with Gasteiger partial charge in [0, 0.05) is 23.3 Å². The average molecular weight is 388 g/mol. The molecule has 142 valence electrons. The number of imidazole rings is 1. The molecule has 2 heterocycles. The van der Waals surface area contributed by atoms with Crippen LogP contribution in [0.1, 0.15) is 30.5 Å². The highest BCUT2D eigenvalue weighted by Crippen LogP contribution is 2.33. The Morgan fingerprint density at radius 2 is 2.04 bits per heavy atom. The van der Waals surface area contributed by atoms with Gasteiger partial charge in [0.1, 0.15) is 12.4 Å². The fourth-order valence-corrected chi connectivity index (χ4v) is 3.69. The number of para-hydroxylation sites is 1. The Labute approximate surface area is 163 Å². The molecule has 1 aliphatic rings. The van der Waals surface area contributed by atoms with Crippen LogP contribution in [-0.4, -0.2) is 26.0 Å². The summed E-state index contributed by atoms with van der Waals surface area (Å²) >= 11 is 0. The van der Waals surface area contributed by atoms with E-state index in [1.807, 2.05) is 12.1 Å². The van der Waals surface area contributed by atoms with Gasteiger partial charge in [0.05, 0.1) is 12.1 Å². The number of nitrogens with zero attached hydrogens (tertiary/aromatic N) is 4. The molecule has 0 radical (unpaired) electrons. The zero-order chi connectivity index (χ0) is 17.9. The number of halogens is 1. The van der Waals surface area contributed by atoms with Crippen LogP contribution in [0.25, 0.3) is 10.9 Å². The molecule has 0 atom stereocenters. The van der Waals surface area contributed by atoms with Crippen molar-refractivity contribution < 1.29 is 4.92 Å². The first-order chi connectivity index (χ1) is 12.7. The maximum Gasteiger partial charge on any atom is 0.434 e. The minimum absolute atomic E-state index is 0. The topological polar surface area (TPSA) is 85.9 Å². The summed E-state index contributed by atoms with van der Waals surface area (Å²) in [6.07, 6.45) is 8.40. The van der Waals surface area contributed by atoms with Gasteiger partial charge < -0.3 is 15.4 Å². The van der Waals surface area contributed by atoms with Crippen molar-refractivity contribution in [1.29, 1.82) is 0 Å². The highest BCUT2D eigenvalue weighted by molar-refractivity contribution is 5.93. The molecule has 0 bridgehead atoms. The number of rotatable bonds is 6. The third-order valence-corrected chi connectivity index (χ3v) is 4.90. The molecule has 0 saturated heterocycles. The van der Waals surface area contributed by atoms with E-state index >= 15 is 0 Å². The zero-order valence-corrected chi connectivity index (χ0v) is 15.7. The Kier molecular flexibility index (Phi) is 5.91. The molecule has 1 aromatic carbocycles. The van der Waals surface area contributed by atoms with E-state index in [2.05, 4.69) is 22.4 Å². The summed E-state index contributed by atoms with van der Waals surface area (Å²) in [6, 6.07) is 8.23. The Bertz CT molecular complexity index is 956. The van der Waals surface area contributed by atoms with Crippen molar-refractivity contribution in [3.63, 3.8) is 0 Å². The van der Waals surface area contributed by atoms with Crippen molar-refractivity contribution in [1.82, 2.24) is 14.5 Å². The maximum absolute atomic E-state index is 10.9. The summed E-state index contributed by atoms with van der Waals surface area (Å²) in [5.74, 6) is -0.100. The number of nitrogens with one attached hydrogen (secondary N) is 1. The summed E-state index contributed by atoms with van der Waals surface area (Å²) in [6.45, 7) is 1.31. The van der Waals surface area contributed by atoms with Crippen molar-refractivity contribution in [3.8, 4) is 0 Å². The largest absolute Gasteiger partial charge is 0.434 e. The van der Waals surface area contributed by atoms with Gasteiger partial charge in [-0.1, -0.05) is 23.2 Å². The number of aryl methyl sites for hydroxylation is 2. The number of anilines is 1. The van der Waals surface area contributed by atoms with Gasteiger partial charge >= 0.3 is 5.95 Å². The van der Waals surface area contributed by atoms with Crippen LogP contribution in [0.15, 0.2) is 36.7 Å². The van der Waals surface area contributed by atoms with Gasteiger partial charge in [0.25, 0.3) is 0 Å². The van der Waals surface area contributed by atoms with Gasteiger partial charge in [-0.25, -0.2) is 4.57 Å². The van der Waals surface area contributed by atoms with Crippen LogP contribution >= 0.6 is 12.4 Å². The van der Waals surface area contributed by atoms with E-state index in [9.17, 15) is 10.1 Å². The van der Waals surface area contributed by atoms with Crippen molar-refractivity contribution in [3.05, 3.63) is 58.0 Å². The Morgan fingerprint density at radius 1 is 1.22 bits per heavy atom. The fourth-order valence-electron chi connectivity index (χ4n) is 3.69. The molecular weight excluding hydrogens is 366 g/mol. The monoisotopic (exact) mass is 387 g/mol. The van der Waals surface area contributed by atoms with Gasteiger partial charge in [0.15, 0.2) is 0 Å². The standard InChI is InChI=1S/C19H21N5O2.ClH/c25-24(26)19-21-11-13-23(19)12-5-10-20-18-14-6-1-3-8-16(14)22-17-9-4-2-7-15(17)18;/h1,3,6,8,11,13H,2,4-5,7,9-10,12H2,(H,20,22);1H. The molecule has 8 heteroatoms. The number of fused-ring (bicyclic) bond motifs is 2. The predicted octanol–water partition coefficient (Wildman–Crippen LogP) is 4.14. The Hall–Kier alpha value is -2.67. The Morgan fingerprint density at radius 3 is 2.89 bits per heavy atom. The van der Waals surface area contributed by atoms with Gasteiger partial charge in [-0.2, -0.15) is 0 Å². The first-order valence-corrected chi connectivity index (χ1v) is 9.04. The second-order valence-electron chi connectivity index (χ2n) is 6.59. The quantitative estimate of drug-likeness (QED) is 0.390. The molecule has 1 N–H and O–H groups in total. The van der Waals surface area contributed by atoms with E-state index in [0.29, 0.717) is 6.54 Å². The lowest BCUT2D eigenvalue weighted by Gasteiger charge is -2.21. The molecule has 1 aliphatic carbocycles. The lowest BCUT2D eigenvalue weighted by atomic mass is 9.92. The van der Waals surface area contributed by atoms with E-state index in [1.165, 1.54) is 36.0 Å². The molecule has 0 saturated carbocycles. The highest BCUT2D eigenvalue weighted by atomic mass is 35.5. The summed E-state index contributed by atoms with van der Waals surface area (Å²) < 4.78 is 1.59. The lowest BCUT2D eigenvalue weighted by molar-refractivity contribution is -0.396. The van der Waals surface area contributed by atoms with E-state index in [-0.39, 0.29) is 18.4 Å². The van der Waals surface area contributed by atoms with Gasteiger partial charge in [-0.15, -0.1) is 12.4 Å². The molecule has 0 spiro atoms. The summed E-state index contributed by atoms with van der Waals surface area (Å²) in [5.41, 5.74) is 4.76. The molecule has 2 aromatic heterocycles. The van der Waals surface area contributed by atoms with Gasteiger partial charge in [-0.3, -0.25) is 4.98 Å². The second kappa shape index (κ2) is 8.35. The van der Waals surface area contributed by atoms with E-state index in [4.69, 9.17) is 4.98 Å². The van der Waals surface area contributed by atoms with Crippen LogP contribution in [0.4, 0.5) is 11.6 Å². The minimum atomic E-state index is -0.444. The van der Waals surface area contributed by atoms with Crippen molar-refractivity contribution in [2.24, 2.45) is 0 Å². The summed E-state index contributed by atoms with van der Waals surface area (Å²) in [5, 5.41) is 15.7. The predicted molar refractivity (Wildman–Crippen MR) is 108 cm³/mol. The van der Waals surface area contributed by atoms with Crippen molar-refractivity contribution in [2.45, 2.75) is 38.6 Å². The minimum Gasteiger partial charge on any atom is -0.390 e. The zero-order valence-electron chi connectivity index (χ0n) is 14.9. The van der Waals surface area contributed by atoms with Crippen LogP contribution < -0.4 is 5.32 Å². The molecule has 4 rings (SSSR count). The van der Waals surface area contributed by atoms with Crippen LogP contribution in [0.3, 0.4) is 0 Å². The van der Waals surface area contributed by atoms with Crippen LogP contribution in [0, 0.1) is 10.1 Å².